The zero-order valence-electron chi connectivity index (χ0n) is 10.9. The van der Waals surface area contributed by atoms with Gasteiger partial charge in [0.2, 0.25) is 0 Å². The Morgan fingerprint density at radius 2 is 1.67 bits per heavy atom. The standard InChI is InChI=1S/C14H21BrO2S/c1-2-3-4-5-6-7-12-17-18(16)14-10-8-13(15)9-11-14/h8-11H,2-7,12H2,1H3. The Bertz CT molecular complexity index is 351. The van der Waals surface area contributed by atoms with E-state index in [0.29, 0.717) is 6.61 Å². The molecule has 0 aliphatic heterocycles. The van der Waals surface area contributed by atoms with E-state index in [0.717, 1.165) is 22.2 Å². The molecule has 1 aromatic carbocycles. The van der Waals surface area contributed by atoms with Gasteiger partial charge in [-0.1, -0.05) is 55.0 Å². The summed E-state index contributed by atoms with van der Waals surface area (Å²) < 4.78 is 18.1. The fourth-order valence-corrected chi connectivity index (χ4v) is 2.66. The lowest BCUT2D eigenvalue weighted by atomic mass is 10.1. The van der Waals surface area contributed by atoms with Crippen LogP contribution in [0.1, 0.15) is 45.4 Å². The molecule has 1 rings (SSSR count). The van der Waals surface area contributed by atoms with E-state index in [4.69, 9.17) is 4.18 Å². The number of hydrogen-bond donors (Lipinski definition) is 0. The van der Waals surface area contributed by atoms with Gasteiger partial charge in [0.25, 0.3) is 0 Å². The first-order valence-electron chi connectivity index (χ1n) is 6.54. The van der Waals surface area contributed by atoms with E-state index in [1.165, 1.54) is 25.7 Å². The summed E-state index contributed by atoms with van der Waals surface area (Å²) in [5, 5.41) is 0. The molecule has 0 radical (unpaired) electrons. The number of halogens is 1. The fourth-order valence-electron chi connectivity index (χ4n) is 1.63. The largest absolute Gasteiger partial charge is 0.287 e. The maximum absolute atomic E-state index is 11.8. The highest BCUT2D eigenvalue weighted by atomic mass is 79.9. The lowest BCUT2D eigenvalue weighted by molar-refractivity contribution is 0.332. The van der Waals surface area contributed by atoms with E-state index in [2.05, 4.69) is 22.9 Å². The maximum Gasteiger partial charge on any atom is 0.189 e. The predicted molar refractivity (Wildman–Crippen MR) is 79.9 cm³/mol. The molecule has 0 aliphatic carbocycles. The molecule has 1 aromatic rings. The average molecular weight is 333 g/mol. The van der Waals surface area contributed by atoms with Crippen LogP contribution in [-0.2, 0) is 15.3 Å². The average Bonchev–Trinajstić information content (AvgIpc) is 2.38. The van der Waals surface area contributed by atoms with Gasteiger partial charge in [-0.3, -0.25) is 4.18 Å². The van der Waals surface area contributed by atoms with Crippen molar-refractivity contribution in [1.29, 1.82) is 0 Å². The van der Waals surface area contributed by atoms with Gasteiger partial charge < -0.3 is 0 Å². The first kappa shape index (κ1) is 15.9. The Morgan fingerprint density at radius 1 is 1.06 bits per heavy atom. The summed E-state index contributed by atoms with van der Waals surface area (Å²) in [6.07, 6.45) is 7.29. The molecule has 1 atom stereocenters. The summed E-state index contributed by atoms with van der Waals surface area (Å²) in [5.74, 6) is 0. The highest BCUT2D eigenvalue weighted by Gasteiger charge is 2.03. The minimum absolute atomic E-state index is 0.578. The van der Waals surface area contributed by atoms with Crippen LogP contribution in [0.5, 0.6) is 0 Å². The van der Waals surface area contributed by atoms with Crippen LogP contribution in [0.4, 0.5) is 0 Å². The highest BCUT2D eigenvalue weighted by molar-refractivity contribution is 9.10. The molecule has 0 bridgehead atoms. The Kier molecular flexibility index (Phi) is 8.55. The van der Waals surface area contributed by atoms with Gasteiger partial charge in [-0.05, 0) is 30.7 Å². The number of benzene rings is 1. The van der Waals surface area contributed by atoms with Crippen molar-refractivity contribution < 1.29 is 8.39 Å². The van der Waals surface area contributed by atoms with Gasteiger partial charge in [0.05, 0.1) is 11.5 Å². The van der Waals surface area contributed by atoms with E-state index in [1.807, 2.05) is 24.3 Å². The zero-order valence-corrected chi connectivity index (χ0v) is 13.3. The van der Waals surface area contributed by atoms with Crippen molar-refractivity contribution in [2.45, 2.75) is 50.3 Å². The minimum atomic E-state index is -1.32. The van der Waals surface area contributed by atoms with Crippen molar-refractivity contribution >= 4 is 27.0 Å². The second kappa shape index (κ2) is 9.70. The number of hydrogen-bond acceptors (Lipinski definition) is 2. The van der Waals surface area contributed by atoms with Crippen LogP contribution in [0, 0.1) is 0 Å². The third kappa shape index (κ3) is 6.66. The van der Waals surface area contributed by atoms with E-state index in [1.54, 1.807) is 0 Å². The predicted octanol–water partition coefficient (Wildman–Crippen LogP) is 4.85. The smallest absolute Gasteiger partial charge is 0.189 e. The third-order valence-electron chi connectivity index (χ3n) is 2.69. The second-order valence-corrected chi connectivity index (χ2v) is 6.37. The van der Waals surface area contributed by atoms with Crippen LogP contribution >= 0.6 is 15.9 Å². The van der Waals surface area contributed by atoms with Crippen LogP contribution in [0.25, 0.3) is 0 Å². The topological polar surface area (TPSA) is 26.3 Å². The molecule has 2 nitrogen and oxygen atoms in total. The third-order valence-corrected chi connectivity index (χ3v) is 4.26. The molecular weight excluding hydrogens is 312 g/mol. The monoisotopic (exact) mass is 332 g/mol. The summed E-state index contributed by atoms with van der Waals surface area (Å²) in [6, 6.07) is 7.39. The molecule has 102 valence electrons. The van der Waals surface area contributed by atoms with Crippen molar-refractivity contribution in [2.75, 3.05) is 6.61 Å². The molecule has 0 saturated heterocycles. The Balaban J connectivity index is 2.12. The molecule has 0 amide bonds. The second-order valence-electron chi connectivity index (χ2n) is 4.28. The lowest BCUT2D eigenvalue weighted by Crippen LogP contribution is -2.00. The Hall–Kier alpha value is -0.190. The normalized spacial score (nSPS) is 12.6. The first-order chi connectivity index (χ1) is 8.74. The van der Waals surface area contributed by atoms with Crippen molar-refractivity contribution in [1.82, 2.24) is 0 Å². The zero-order chi connectivity index (χ0) is 13.2. The van der Waals surface area contributed by atoms with Gasteiger partial charge in [-0.15, -0.1) is 0 Å². The van der Waals surface area contributed by atoms with E-state index in [-0.39, 0.29) is 0 Å². The van der Waals surface area contributed by atoms with Gasteiger partial charge >= 0.3 is 0 Å². The van der Waals surface area contributed by atoms with Gasteiger partial charge in [0.1, 0.15) is 0 Å². The van der Waals surface area contributed by atoms with Gasteiger partial charge in [0.15, 0.2) is 11.1 Å². The van der Waals surface area contributed by atoms with Gasteiger partial charge in [0, 0.05) is 4.47 Å². The molecule has 0 fully saturated rings. The van der Waals surface area contributed by atoms with Crippen molar-refractivity contribution in [3.05, 3.63) is 28.7 Å². The van der Waals surface area contributed by atoms with E-state index in [9.17, 15) is 4.21 Å². The Morgan fingerprint density at radius 3 is 2.33 bits per heavy atom. The SMILES string of the molecule is CCCCCCCCOS(=O)c1ccc(Br)cc1. The van der Waals surface area contributed by atoms with Crippen LogP contribution in [0.2, 0.25) is 0 Å². The van der Waals surface area contributed by atoms with E-state index < -0.39 is 11.1 Å². The van der Waals surface area contributed by atoms with E-state index >= 15 is 0 Å². The molecule has 18 heavy (non-hydrogen) atoms. The number of rotatable bonds is 9. The molecule has 0 N–H and O–H groups in total. The van der Waals surface area contributed by atoms with Crippen LogP contribution in [0.15, 0.2) is 33.6 Å². The van der Waals surface area contributed by atoms with Gasteiger partial charge in [-0.2, -0.15) is 0 Å². The summed E-state index contributed by atoms with van der Waals surface area (Å²) in [4.78, 5) is 0.726. The number of unbranched alkanes of at least 4 members (excludes halogenated alkanes) is 5. The summed E-state index contributed by atoms with van der Waals surface area (Å²) in [7, 11) is 0. The molecule has 0 aliphatic rings. The molecule has 1 unspecified atom stereocenters. The summed E-state index contributed by atoms with van der Waals surface area (Å²) >= 11 is 2.03. The molecule has 0 spiro atoms. The summed E-state index contributed by atoms with van der Waals surface area (Å²) in [5.41, 5.74) is 0. The molecule has 4 heteroatoms. The molecule has 0 aromatic heterocycles. The Labute approximate surface area is 121 Å². The van der Waals surface area contributed by atoms with Crippen molar-refractivity contribution in [2.24, 2.45) is 0 Å². The van der Waals surface area contributed by atoms with Crippen LogP contribution in [0.3, 0.4) is 0 Å². The van der Waals surface area contributed by atoms with Crippen LogP contribution < -0.4 is 0 Å². The molecule has 0 saturated carbocycles. The quantitative estimate of drug-likeness (QED) is 0.604. The fraction of sp³-hybridized carbons (Fsp3) is 0.571. The van der Waals surface area contributed by atoms with Gasteiger partial charge in [-0.25, -0.2) is 4.21 Å². The maximum atomic E-state index is 11.8. The van der Waals surface area contributed by atoms with Crippen LogP contribution in [-0.4, -0.2) is 10.8 Å². The summed E-state index contributed by atoms with van der Waals surface area (Å²) in [6.45, 7) is 2.79. The van der Waals surface area contributed by atoms with Crippen molar-refractivity contribution in [3.8, 4) is 0 Å². The van der Waals surface area contributed by atoms with Crippen molar-refractivity contribution in [3.63, 3.8) is 0 Å². The highest BCUT2D eigenvalue weighted by Crippen LogP contribution is 2.14. The minimum Gasteiger partial charge on any atom is -0.287 e. The molecular formula is C14H21BrO2S. The lowest BCUT2D eigenvalue weighted by Gasteiger charge is -2.04. The first-order valence-corrected chi connectivity index (χ1v) is 8.41. The molecule has 0 heterocycles.